The molecule has 1 atom stereocenters. The van der Waals surface area contributed by atoms with Crippen LogP contribution in [-0.2, 0) is 9.59 Å². The molecule has 1 aliphatic carbocycles. The van der Waals surface area contributed by atoms with Crippen LogP contribution in [0.4, 0.5) is 4.79 Å². The van der Waals surface area contributed by atoms with Gasteiger partial charge < -0.3 is 0 Å². The van der Waals surface area contributed by atoms with Crippen molar-refractivity contribution in [2.24, 2.45) is 11.3 Å². The van der Waals surface area contributed by atoms with Gasteiger partial charge in [-0.3, -0.25) is 19.8 Å². The summed E-state index contributed by atoms with van der Waals surface area (Å²) in [5, 5.41) is 2.32. The Hall–Kier alpha value is -1.04. The van der Waals surface area contributed by atoms with Crippen molar-refractivity contribution in [3.63, 3.8) is 0 Å². The summed E-state index contributed by atoms with van der Waals surface area (Å²) >= 11 is 1.68. The molecule has 5 nitrogen and oxygen atoms in total. The second-order valence-corrected chi connectivity index (χ2v) is 6.08. The predicted octanol–water partition coefficient (Wildman–Crippen LogP) is 1.23. The van der Waals surface area contributed by atoms with Gasteiger partial charge in [0.05, 0.1) is 0 Å². The number of nitrogens with zero attached hydrogens (tertiary/aromatic N) is 1. The Labute approximate surface area is 111 Å². The lowest BCUT2D eigenvalue weighted by Crippen LogP contribution is -2.66. The van der Waals surface area contributed by atoms with Crippen molar-refractivity contribution in [1.82, 2.24) is 10.2 Å². The summed E-state index contributed by atoms with van der Waals surface area (Å²) in [7, 11) is 0. The molecule has 2 rings (SSSR count). The summed E-state index contributed by atoms with van der Waals surface area (Å²) in [6.45, 7) is 2.39. The molecule has 1 heterocycles. The fraction of sp³-hybridized carbons (Fsp3) is 0.750. The third-order valence-corrected chi connectivity index (χ3v) is 4.61. The van der Waals surface area contributed by atoms with Gasteiger partial charge >= 0.3 is 6.03 Å². The van der Waals surface area contributed by atoms with Crippen LogP contribution in [0.15, 0.2) is 0 Å². The van der Waals surface area contributed by atoms with Crippen LogP contribution in [-0.4, -0.2) is 41.3 Å². The first-order valence-corrected chi connectivity index (χ1v) is 7.57. The number of hydrogen-bond acceptors (Lipinski definition) is 4. The van der Waals surface area contributed by atoms with Crippen molar-refractivity contribution in [1.29, 1.82) is 0 Å². The van der Waals surface area contributed by atoms with Crippen molar-refractivity contribution in [2.45, 2.75) is 26.2 Å². The number of carbonyl (C=O) groups is 3. The standard InChI is InChI=1S/C12H18N2O3S/c1-8(7-18-2)6-14-10(16)12(4-3-5-12)9(15)13-11(14)17/h8H,3-7H2,1-2H3,(H,13,15,17). The Morgan fingerprint density at radius 3 is 2.56 bits per heavy atom. The number of urea groups is 1. The lowest BCUT2D eigenvalue weighted by molar-refractivity contribution is -0.157. The summed E-state index contributed by atoms with van der Waals surface area (Å²) in [4.78, 5) is 37.1. The summed E-state index contributed by atoms with van der Waals surface area (Å²) in [6, 6.07) is -0.560. The molecule has 1 saturated heterocycles. The van der Waals surface area contributed by atoms with Gasteiger partial charge in [0.2, 0.25) is 11.8 Å². The fourth-order valence-electron chi connectivity index (χ4n) is 2.52. The van der Waals surface area contributed by atoms with E-state index in [1.54, 1.807) is 11.8 Å². The predicted molar refractivity (Wildman–Crippen MR) is 69.1 cm³/mol. The number of hydrogen-bond donors (Lipinski definition) is 1. The van der Waals surface area contributed by atoms with Crippen molar-refractivity contribution in [2.75, 3.05) is 18.6 Å². The maximum atomic E-state index is 12.3. The zero-order valence-electron chi connectivity index (χ0n) is 10.7. The van der Waals surface area contributed by atoms with Crippen molar-refractivity contribution < 1.29 is 14.4 Å². The zero-order chi connectivity index (χ0) is 13.3. The van der Waals surface area contributed by atoms with Crippen molar-refractivity contribution >= 4 is 29.6 Å². The molecule has 0 aromatic carbocycles. The van der Waals surface area contributed by atoms with E-state index in [-0.39, 0.29) is 11.8 Å². The van der Waals surface area contributed by atoms with Gasteiger partial charge in [0, 0.05) is 6.54 Å². The molecule has 1 spiro atoms. The van der Waals surface area contributed by atoms with E-state index in [1.807, 2.05) is 13.2 Å². The summed E-state index contributed by atoms with van der Waals surface area (Å²) in [5.74, 6) is 0.422. The highest BCUT2D eigenvalue weighted by molar-refractivity contribution is 7.98. The highest BCUT2D eigenvalue weighted by Crippen LogP contribution is 2.44. The Morgan fingerprint density at radius 1 is 1.39 bits per heavy atom. The number of rotatable bonds is 4. The van der Waals surface area contributed by atoms with Crippen LogP contribution in [0.2, 0.25) is 0 Å². The molecular formula is C12H18N2O3S. The minimum atomic E-state index is -0.938. The molecule has 0 aromatic heterocycles. The van der Waals surface area contributed by atoms with E-state index in [0.717, 1.165) is 12.2 Å². The quantitative estimate of drug-likeness (QED) is 0.780. The van der Waals surface area contributed by atoms with Crippen LogP contribution >= 0.6 is 11.8 Å². The smallest absolute Gasteiger partial charge is 0.277 e. The van der Waals surface area contributed by atoms with Crippen LogP contribution in [0.1, 0.15) is 26.2 Å². The van der Waals surface area contributed by atoms with Gasteiger partial charge in [0.15, 0.2) is 0 Å². The molecular weight excluding hydrogens is 252 g/mol. The van der Waals surface area contributed by atoms with E-state index in [1.165, 1.54) is 4.90 Å². The maximum absolute atomic E-state index is 12.3. The van der Waals surface area contributed by atoms with Gasteiger partial charge in [-0.1, -0.05) is 13.3 Å². The second kappa shape index (κ2) is 4.91. The third kappa shape index (κ3) is 2.02. The number of barbiturate groups is 1. The van der Waals surface area contributed by atoms with E-state index in [9.17, 15) is 14.4 Å². The van der Waals surface area contributed by atoms with Crippen molar-refractivity contribution in [3.05, 3.63) is 0 Å². The van der Waals surface area contributed by atoms with Crippen LogP contribution in [0, 0.1) is 11.3 Å². The van der Waals surface area contributed by atoms with E-state index < -0.39 is 17.4 Å². The average Bonchev–Trinajstić information content (AvgIpc) is 2.22. The molecule has 18 heavy (non-hydrogen) atoms. The minimum Gasteiger partial charge on any atom is -0.277 e. The van der Waals surface area contributed by atoms with Gasteiger partial charge in [0.1, 0.15) is 5.41 Å². The molecule has 0 bridgehead atoms. The molecule has 1 aliphatic heterocycles. The summed E-state index contributed by atoms with van der Waals surface area (Å²) in [5.41, 5.74) is -0.938. The monoisotopic (exact) mass is 270 g/mol. The highest BCUT2D eigenvalue weighted by atomic mass is 32.2. The highest BCUT2D eigenvalue weighted by Gasteiger charge is 2.57. The van der Waals surface area contributed by atoms with E-state index >= 15 is 0 Å². The lowest BCUT2D eigenvalue weighted by atomic mass is 9.66. The lowest BCUT2D eigenvalue weighted by Gasteiger charge is -2.45. The van der Waals surface area contributed by atoms with Crippen LogP contribution in [0.5, 0.6) is 0 Å². The maximum Gasteiger partial charge on any atom is 0.330 e. The van der Waals surface area contributed by atoms with Gasteiger partial charge in [-0.15, -0.1) is 0 Å². The number of thioether (sulfide) groups is 1. The summed E-state index contributed by atoms with van der Waals surface area (Å²) in [6.07, 6.45) is 4.00. The van der Waals surface area contributed by atoms with E-state index in [2.05, 4.69) is 5.32 Å². The SMILES string of the molecule is CSCC(C)CN1C(=O)NC(=O)C2(CCC2)C1=O. The molecule has 100 valence electrons. The first kappa shape index (κ1) is 13.4. The molecule has 6 heteroatoms. The Morgan fingerprint density at radius 2 is 2.06 bits per heavy atom. The molecule has 1 saturated carbocycles. The third-order valence-electron chi connectivity index (χ3n) is 3.71. The van der Waals surface area contributed by atoms with Gasteiger partial charge in [-0.25, -0.2) is 4.79 Å². The second-order valence-electron chi connectivity index (χ2n) is 5.17. The van der Waals surface area contributed by atoms with Gasteiger partial charge in [-0.2, -0.15) is 11.8 Å². The fourth-order valence-corrected chi connectivity index (χ4v) is 3.19. The topological polar surface area (TPSA) is 66.5 Å². The molecule has 1 unspecified atom stereocenters. The van der Waals surface area contributed by atoms with E-state index in [0.29, 0.717) is 19.4 Å². The number of carbonyl (C=O) groups excluding carboxylic acids is 3. The van der Waals surface area contributed by atoms with E-state index in [4.69, 9.17) is 0 Å². The first-order chi connectivity index (χ1) is 8.51. The van der Waals surface area contributed by atoms with Crippen molar-refractivity contribution in [3.8, 4) is 0 Å². The Balaban J connectivity index is 2.12. The zero-order valence-corrected chi connectivity index (χ0v) is 11.5. The van der Waals surface area contributed by atoms with Gasteiger partial charge in [-0.05, 0) is 30.8 Å². The molecule has 2 fully saturated rings. The number of nitrogens with one attached hydrogen (secondary N) is 1. The molecule has 0 aromatic rings. The Bertz CT molecular complexity index is 393. The van der Waals surface area contributed by atoms with Crippen LogP contribution in [0.3, 0.4) is 0 Å². The first-order valence-electron chi connectivity index (χ1n) is 6.17. The number of imide groups is 2. The normalized spacial score (nSPS) is 23.9. The minimum absolute atomic E-state index is 0.236. The number of amides is 4. The molecule has 2 aliphatic rings. The molecule has 0 radical (unpaired) electrons. The largest absolute Gasteiger partial charge is 0.330 e. The molecule has 1 N–H and O–H groups in total. The van der Waals surface area contributed by atoms with Crippen LogP contribution in [0.25, 0.3) is 0 Å². The van der Waals surface area contributed by atoms with Gasteiger partial charge in [0.25, 0.3) is 0 Å². The molecule has 4 amide bonds. The Kier molecular flexibility index (Phi) is 3.66. The summed E-state index contributed by atoms with van der Waals surface area (Å²) < 4.78 is 0. The van der Waals surface area contributed by atoms with Crippen LogP contribution < -0.4 is 5.32 Å². The average molecular weight is 270 g/mol.